The second-order valence-corrected chi connectivity index (χ2v) is 6.33. The third-order valence-corrected chi connectivity index (χ3v) is 4.18. The fraction of sp³-hybridized carbons (Fsp3) is 0.368. The molecule has 1 saturated carbocycles. The van der Waals surface area contributed by atoms with Gasteiger partial charge in [0, 0.05) is 25.8 Å². The number of carbonyl (C=O) groups is 1. The molecule has 1 aromatic carbocycles. The molecule has 5 heteroatoms. The smallest absolute Gasteiger partial charge is 0.271 e. The Bertz CT molecular complexity index is 675. The summed E-state index contributed by atoms with van der Waals surface area (Å²) in [7, 11) is 3.41. The first-order valence-corrected chi connectivity index (χ1v) is 8.34. The lowest BCUT2D eigenvalue weighted by Crippen LogP contribution is -2.22. The van der Waals surface area contributed by atoms with Crippen LogP contribution in [0.3, 0.4) is 0 Å². The van der Waals surface area contributed by atoms with Gasteiger partial charge in [-0.25, -0.2) is 4.98 Å². The Hall–Kier alpha value is -2.56. The zero-order valence-corrected chi connectivity index (χ0v) is 14.2. The third-order valence-electron chi connectivity index (χ3n) is 4.18. The van der Waals surface area contributed by atoms with E-state index in [-0.39, 0.29) is 5.91 Å². The van der Waals surface area contributed by atoms with E-state index in [2.05, 4.69) is 10.3 Å². The lowest BCUT2D eigenvalue weighted by atomic mass is 10.2. The van der Waals surface area contributed by atoms with E-state index >= 15 is 0 Å². The van der Waals surface area contributed by atoms with Crippen molar-refractivity contribution in [2.75, 3.05) is 19.4 Å². The van der Waals surface area contributed by atoms with Crippen molar-refractivity contribution in [1.82, 2.24) is 9.88 Å². The van der Waals surface area contributed by atoms with Crippen molar-refractivity contribution in [3.63, 3.8) is 0 Å². The second kappa shape index (κ2) is 7.34. The third kappa shape index (κ3) is 4.04. The summed E-state index contributed by atoms with van der Waals surface area (Å²) in [5.41, 5.74) is 1.53. The molecule has 0 saturated heterocycles. The average molecular weight is 325 g/mol. The van der Waals surface area contributed by atoms with Crippen LogP contribution >= 0.6 is 0 Å². The monoisotopic (exact) mass is 325 g/mol. The molecule has 126 valence electrons. The number of carbonyl (C=O) groups excluding carboxylic acids is 1. The van der Waals surface area contributed by atoms with Crippen LogP contribution in [0, 0.1) is 0 Å². The Kier molecular flexibility index (Phi) is 4.99. The summed E-state index contributed by atoms with van der Waals surface area (Å²) in [6.45, 7) is 0. The number of hydrogen-bond donors (Lipinski definition) is 1. The summed E-state index contributed by atoms with van der Waals surface area (Å²) in [4.78, 5) is 17.5. The number of anilines is 1. The van der Waals surface area contributed by atoms with Crippen molar-refractivity contribution in [3.05, 3.63) is 48.3 Å². The van der Waals surface area contributed by atoms with Crippen LogP contribution in [0.2, 0.25) is 0 Å². The van der Waals surface area contributed by atoms with Crippen LogP contribution in [-0.2, 0) is 0 Å². The molecule has 0 unspecified atom stereocenters. The molecule has 3 rings (SSSR count). The molecule has 1 aliphatic carbocycles. The number of hydrogen-bond acceptors (Lipinski definition) is 4. The van der Waals surface area contributed by atoms with Crippen molar-refractivity contribution in [1.29, 1.82) is 0 Å². The van der Waals surface area contributed by atoms with Gasteiger partial charge in [-0.3, -0.25) is 4.79 Å². The van der Waals surface area contributed by atoms with E-state index < -0.39 is 0 Å². The summed E-state index contributed by atoms with van der Waals surface area (Å²) in [5, 5.41) is 3.55. The first-order chi connectivity index (χ1) is 11.6. The molecule has 24 heavy (non-hydrogen) atoms. The number of nitrogens with zero attached hydrogens (tertiary/aromatic N) is 2. The Labute approximate surface area is 142 Å². The molecule has 0 atom stereocenters. The van der Waals surface area contributed by atoms with Crippen molar-refractivity contribution in [2.24, 2.45) is 0 Å². The van der Waals surface area contributed by atoms with Crippen LogP contribution in [0.4, 0.5) is 5.69 Å². The van der Waals surface area contributed by atoms with Gasteiger partial charge in [-0.15, -0.1) is 0 Å². The molecule has 1 aromatic heterocycles. The van der Waals surface area contributed by atoms with E-state index in [1.807, 2.05) is 24.3 Å². The van der Waals surface area contributed by atoms with E-state index in [1.165, 1.54) is 30.6 Å². The summed E-state index contributed by atoms with van der Waals surface area (Å²) >= 11 is 0. The standard InChI is InChI=1S/C19H23N3O2/c1-22(2)19(23)18-12-11-17(13-20-18)24-16-9-7-15(8-10-16)21-14-5-3-4-6-14/h7-14,21H,3-6H2,1-2H3. The fourth-order valence-corrected chi connectivity index (χ4v) is 2.86. The zero-order chi connectivity index (χ0) is 16.9. The number of amides is 1. The minimum atomic E-state index is -0.121. The van der Waals surface area contributed by atoms with Crippen molar-refractivity contribution < 1.29 is 9.53 Å². The fourth-order valence-electron chi connectivity index (χ4n) is 2.86. The van der Waals surface area contributed by atoms with Crippen LogP contribution < -0.4 is 10.1 Å². The molecule has 1 amide bonds. The maximum atomic E-state index is 11.8. The van der Waals surface area contributed by atoms with Crippen LogP contribution in [-0.4, -0.2) is 35.9 Å². The highest BCUT2D eigenvalue weighted by Crippen LogP contribution is 2.25. The van der Waals surface area contributed by atoms with Gasteiger partial charge in [0.15, 0.2) is 0 Å². The lowest BCUT2D eigenvalue weighted by Gasteiger charge is -2.14. The van der Waals surface area contributed by atoms with Gasteiger partial charge in [0.25, 0.3) is 5.91 Å². The topological polar surface area (TPSA) is 54.5 Å². The largest absolute Gasteiger partial charge is 0.456 e. The lowest BCUT2D eigenvalue weighted by molar-refractivity contribution is 0.0822. The first kappa shape index (κ1) is 16.3. The quantitative estimate of drug-likeness (QED) is 0.905. The molecule has 0 radical (unpaired) electrons. The van der Waals surface area contributed by atoms with Crippen molar-refractivity contribution in [2.45, 2.75) is 31.7 Å². The second-order valence-electron chi connectivity index (χ2n) is 6.33. The molecule has 5 nitrogen and oxygen atoms in total. The predicted molar refractivity (Wildman–Crippen MR) is 94.6 cm³/mol. The highest BCUT2D eigenvalue weighted by atomic mass is 16.5. The van der Waals surface area contributed by atoms with E-state index in [4.69, 9.17) is 4.74 Å². The zero-order valence-electron chi connectivity index (χ0n) is 14.2. The van der Waals surface area contributed by atoms with E-state index in [9.17, 15) is 4.79 Å². The highest BCUT2D eigenvalue weighted by Gasteiger charge is 2.14. The van der Waals surface area contributed by atoms with Gasteiger partial charge in [0.05, 0.1) is 6.20 Å². The van der Waals surface area contributed by atoms with Gasteiger partial charge in [-0.2, -0.15) is 0 Å². The van der Waals surface area contributed by atoms with Crippen LogP contribution in [0.25, 0.3) is 0 Å². The molecule has 2 aromatic rings. The number of nitrogens with one attached hydrogen (secondary N) is 1. The van der Waals surface area contributed by atoms with E-state index in [1.54, 1.807) is 32.4 Å². The molecule has 1 N–H and O–H groups in total. The van der Waals surface area contributed by atoms with Gasteiger partial charge >= 0.3 is 0 Å². The Morgan fingerprint density at radius 3 is 2.33 bits per heavy atom. The predicted octanol–water partition coefficient (Wildman–Crippen LogP) is 3.93. The molecule has 1 fully saturated rings. The number of pyridine rings is 1. The SMILES string of the molecule is CN(C)C(=O)c1ccc(Oc2ccc(NC3CCCC3)cc2)cn1. The summed E-state index contributed by atoms with van der Waals surface area (Å²) in [5.74, 6) is 1.24. The van der Waals surface area contributed by atoms with Gasteiger partial charge in [0.1, 0.15) is 17.2 Å². The number of aromatic nitrogens is 1. The Morgan fingerprint density at radius 1 is 1.08 bits per heavy atom. The van der Waals surface area contributed by atoms with Gasteiger partial charge < -0.3 is 15.0 Å². The van der Waals surface area contributed by atoms with E-state index in [0.29, 0.717) is 17.5 Å². The minimum absolute atomic E-state index is 0.121. The van der Waals surface area contributed by atoms with Crippen LogP contribution in [0.15, 0.2) is 42.6 Å². The molecule has 0 aliphatic heterocycles. The number of rotatable bonds is 5. The summed E-state index contributed by atoms with van der Waals surface area (Å²) in [6.07, 6.45) is 6.71. The summed E-state index contributed by atoms with van der Waals surface area (Å²) in [6, 6.07) is 12.0. The number of ether oxygens (including phenoxy) is 1. The van der Waals surface area contributed by atoms with Crippen molar-refractivity contribution >= 4 is 11.6 Å². The molecular weight excluding hydrogens is 302 g/mol. The van der Waals surface area contributed by atoms with Gasteiger partial charge in [0.2, 0.25) is 0 Å². The van der Waals surface area contributed by atoms with Crippen LogP contribution in [0.5, 0.6) is 11.5 Å². The van der Waals surface area contributed by atoms with Gasteiger partial charge in [-0.1, -0.05) is 12.8 Å². The van der Waals surface area contributed by atoms with Gasteiger partial charge in [-0.05, 0) is 49.2 Å². The maximum absolute atomic E-state index is 11.8. The molecule has 1 aliphatic rings. The first-order valence-electron chi connectivity index (χ1n) is 8.34. The summed E-state index contributed by atoms with van der Waals surface area (Å²) < 4.78 is 5.78. The Morgan fingerprint density at radius 2 is 1.75 bits per heavy atom. The van der Waals surface area contributed by atoms with Crippen molar-refractivity contribution in [3.8, 4) is 11.5 Å². The molecule has 0 bridgehead atoms. The average Bonchev–Trinajstić information content (AvgIpc) is 3.09. The molecular formula is C19H23N3O2. The molecule has 0 spiro atoms. The van der Waals surface area contributed by atoms with Crippen LogP contribution in [0.1, 0.15) is 36.2 Å². The Balaban J connectivity index is 1.60. The normalized spacial score (nSPS) is 14.4. The minimum Gasteiger partial charge on any atom is -0.456 e. The molecule has 1 heterocycles. The van der Waals surface area contributed by atoms with E-state index in [0.717, 1.165) is 11.4 Å². The number of benzene rings is 1. The highest BCUT2D eigenvalue weighted by molar-refractivity contribution is 5.91. The maximum Gasteiger partial charge on any atom is 0.271 e.